The largest absolute Gasteiger partial charge is 0.379 e. The molecule has 0 spiro atoms. The SMILES string of the molecule is O=C(CCOCCOCCOCCC(=O)C1CCCC1)C1CCCC1. The number of hydrogen-bond acceptors (Lipinski definition) is 5. The van der Waals surface area contributed by atoms with Crippen molar-refractivity contribution in [2.45, 2.75) is 64.2 Å². The Bertz CT molecular complexity index is 348. The molecule has 0 heterocycles. The van der Waals surface area contributed by atoms with Gasteiger partial charge in [-0.2, -0.15) is 0 Å². The number of hydrogen-bond donors (Lipinski definition) is 0. The summed E-state index contributed by atoms with van der Waals surface area (Å²) in [6.07, 6.45) is 10.1. The van der Waals surface area contributed by atoms with Crippen LogP contribution in [0.2, 0.25) is 0 Å². The van der Waals surface area contributed by atoms with E-state index < -0.39 is 0 Å². The number of carbonyl (C=O) groups is 2. The average molecular weight is 354 g/mol. The zero-order chi connectivity index (χ0) is 17.7. The summed E-state index contributed by atoms with van der Waals surface area (Å²) < 4.78 is 16.3. The first-order valence-electron chi connectivity index (χ1n) is 10.1. The van der Waals surface area contributed by atoms with Gasteiger partial charge in [0.05, 0.1) is 39.6 Å². The van der Waals surface area contributed by atoms with E-state index in [0.717, 1.165) is 25.7 Å². The molecule has 0 radical (unpaired) electrons. The molecule has 144 valence electrons. The third-order valence-corrected chi connectivity index (χ3v) is 5.35. The molecule has 0 aromatic heterocycles. The van der Waals surface area contributed by atoms with Crippen LogP contribution in [0.1, 0.15) is 64.2 Å². The van der Waals surface area contributed by atoms with Gasteiger partial charge in [-0.3, -0.25) is 9.59 Å². The fourth-order valence-corrected chi connectivity index (χ4v) is 3.79. The van der Waals surface area contributed by atoms with Crippen molar-refractivity contribution in [1.82, 2.24) is 0 Å². The molecule has 0 unspecified atom stereocenters. The highest BCUT2D eigenvalue weighted by molar-refractivity contribution is 5.81. The Balaban J connectivity index is 1.30. The molecule has 2 rings (SSSR count). The van der Waals surface area contributed by atoms with Gasteiger partial charge in [0, 0.05) is 24.7 Å². The predicted molar refractivity (Wildman–Crippen MR) is 95.6 cm³/mol. The smallest absolute Gasteiger partial charge is 0.138 e. The lowest BCUT2D eigenvalue weighted by molar-refractivity contribution is -0.124. The third-order valence-electron chi connectivity index (χ3n) is 5.35. The molecular formula is C20H34O5. The third kappa shape index (κ3) is 8.43. The molecule has 5 nitrogen and oxygen atoms in total. The molecule has 2 aliphatic rings. The van der Waals surface area contributed by atoms with Gasteiger partial charge in [-0.05, 0) is 25.7 Å². The molecule has 2 saturated carbocycles. The summed E-state index contributed by atoms with van der Waals surface area (Å²) >= 11 is 0. The molecule has 0 amide bonds. The van der Waals surface area contributed by atoms with Crippen LogP contribution in [0.3, 0.4) is 0 Å². The van der Waals surface area contributed by atoms with Gasteiger partial charge in [0.1, 0.15) is 11.6 Å². The van der Waals surface area contributed by atoms with E-state index >= 15 is 0 Å². The summed E-state index contributed by atoms with van der Waals surface area (Å²) in [4.78, 5) is 23.7. The van der Waals surface area contributed by atoms with E-state index in [-0.39, 0.29) is 11.8 Å². The molecule has 2 aliphatic carbocycles. The molecule has 25 heavy (non-hydrogen) atoms. The Morgan fingerprint density at radius 2 is 0.880 bits per heavy atom. The van der Waals surface area contributed by atoms with Crippen LogP contribution in [-0.2, 0) is 23.8 Å². The Hall–Kier alpha value is -0.780. The average Bonchev–Trinajstić information content (AvgIpc) is 3.32. The van der Waals surface area contributed by atoms with E-state index in [9.17, 15) is 9.59 Å². The summed E-state index contributed by atoms with van der Waals surface area (Å²) in [7, 11) is 0. The highest BCUT2D eigenvalue weighted by atomic mass is 16.5. The van der Waals surface area contributed by atoms with Crippen LogP contribution in [0.5, 0.6) is 0 Å². The van der Waals surface area contributed by atoms with Gasteiger partial charge in [-0.25, -0.2) is 0 Å². The lowest BCUT2D eigenvalue weighted by atomic mass is 10.0. The van der Waals surface area contributed by atoms with Crippen LogP contribution >= 0.6 is 0 Å². The van der Waals surface area contributed by atoms with E-state index in [1.54, 1.807) is 0 Å². The summed E-state index contributed by atoms with van der Waals surface area (Å²) in [6, 6.07) is 0. The normalized spacial score (nSPS) is 18.9. The van der Waals surface area contributed by atoms with E-state index in [4.69, 9.17) is 14.2 Å². The quantitative estimate of drug-likeness (QED) is 0.448. The summed E-state index contributed by atoms with van der Waals surface area (Å²) in [5, 5.41) is 0. The van der Waals surface area contributed by atoms with Gasteiger partial charge in [-0.15, -0.1) is 0 Å². The Kier molecular flexibility index (Phi) is 10.3. The predicted octanol–water partition coefficient (Wildman–Crippen LogP) is 3.34. The fourth-order valence-electron chi connectivity index (χ4n) is 3.79. The highest BCUT2D eigenvalue weighted by Gasteiger charge is 2.22. The van der Waals surface area contributed by atoms with Crippen molar-refractivity contribution in [1.29, 1.82) is 0 Å². The Morgan fingerprint density at radius 1 is 0.560 bits per heavy atom. The first-order valence-corrected chi connectivity index (χ1v) is 10.1. The van der Waals surface area contributed by atoms with Crippen LogP contribution < -0.4 is 0 Å². The summed E-state index contributed by atoms with van der Waals surface area (Å²) in [5.74, 6) is 1.30. The number of rotatable bonds is 14. The van der Waals surface area contributed by atoms with Crippen molar-refractivity contribution in [2.24, 2.45) is 11.8 Å². The first kappa shape index (κ1) is 20.5. The van der Waals surface area contributed by atoms with Crippen molar-refractivity contribution < 1.29 is 23.8 Å². The number of carbonyl (C=O) groups excluding carboxylic acids is 2. The molecule has 0 aliphatic heterocycles. The van der Waals surface area contributed by atoms with Crippen LogP contribution in [-0.4, -0.2) is 51.2 Å². The van der Waals surface area contributed by atoms with Gasteiger partial charge in [0.2, 0.25) is 0 Å². The zero-order valence-corrected chi connectivity index (χ0v) is 15.5. The van der Waals surface area contributed by atoms with E-state index in [1.165, 1.54) is 25.7 Å². The van der Waals surface area contributed by atoms with Gasteiger partial charge >= 0.3 is 0 Å². The first-order chi connectivity index (χ1) is 12.3. The topological polar surface area (TPSA) is 61.8 Å². The zero-order valence-electron chi connectivity index (χ0n) is 15.5. The minimum Gasteiger partial charge on any atom is -0.379 e. The second kappa shape index (κ2) is 12.6. The lowest BCUT2D eigenvalue weighted by Gasteiger charge is -2.09. The second-order valence-electron chi connectivity index (χ2n) is 7.23. The maximum Gasteiger partial charge on any atom is 0.138 e. The van der Waals surface area contributed by atoms with Gasteiger partial charge < -0.3 is 14.2 Å². The minimum atomic E-state index is 0.289. The number of Topliss-reactive ketones (excluding diaryl/α,β-unsaturated/α-hetero) is 2. The van der Waals surface area contributed by atoms with Crippen molar-refractivity contribution in [2.75, 3.05) is 39.6 Å². The maximum absolute atomic E-state index is 11.9. The molecule has 0 saturated heterocycles. The second-order valence-corrected chi connectivity index (χ2v) is 7.23. The summed E-state index contributed by atoms with van der Waals surface area (Å²) in [5.41, 5.74) is 0. The molecule has 0 aromatic rings. The standard InChI is InChI=1S/C20H34O5/c21-19(17-5-1-2-6-17)9-11-23-13-15-25-16-14-24-12-10-20(22)18-7-3-4-8-18/h17-18H,1-16H2. The van der Waals surface area contributed by atoms with Crippen LogP contribution in [0, 0.1) is 11.8 Å². The van der Waals surface area contributed by atoms with Crippen molar-refractivity contribution in [3.05, 3.63) is 0 Å². The monoisotopic (exact) mass is 354 g/mol. The fraction of sp³-hybridized carbons (Fsp3) is 0.900. The van der Waals surface area contributed by atoms with Crippen molar-refractivity contribution in [3.8, 4) is 0 Å². The summed E-state index contributed by atoms with van der Waals surface area (Å²) in [6.45, 7) is 3.05. The molecule has 0 bridgehead atoms. The highest BCUT2D eigenvalue weighted by Crippen LogP contribution is 2.26. The number of ether oxygens (including phenoxy) is 3. The van der Waals surface area contributed by atoms with Crippen LogP contribution in [0.25, 0.3) is 0 Å². The molecule has 0 atom stereocenters. The maximum atomic E-state index is 11.9. The minimum absolute atomic E-state index is 0.289. The lowest BCUT2D eigenvalue weighted by Crippen LogP contribution is -2.16. The molecule has 0 N–H and O–H groups in total. The van der Waals surface area contributed by atoms with E-state index in [0.29, 0.717) is 64.0 Å². The van der Waals surface area contributed by atoms with Crippen LogP contribution in [0.4, 0.5) is 0 Å². The van der Waals surface area contributed by atoms with E-state index in [2.05, 4.69) is 0 Å². The molecular weight excluding hydrogens is 320 g/mol. The van der Waals surface area contributed by atoms with Crippen molar-refractivity contribution in [3.63, 3.8) is 0 Å². The van der Waals surface area contributed by atoms with Gasteiger partial charge in [-0.1, -0.05) is 25.7 Å². The van der Waals surface area contributed by atoms with Gasteiger partial charge in [0.25, 0.3) is 0 Å². The molecule has 2 fully saturated rings. The van der Waals surface area contributed by atoms with Crippen LogP contribution in [0.15, 0.2) is 0 Å². The molecule has 5 heteroatoms. The van der Waals surface area contributed by atoms with Crippen molar-refractivity contribution >= 4 is 11.6 Å². The van der Waals surface area contributed by atoms with Gasteiger partial charge in [0.15, 0.2) is 0 Å². The Morgan fingerprint density at radius 3 is 1.24 bits per heavy atom. The molecule has 0 aromatic carbocycles. The Labute approximate surface area is 151 Å². The number of ketones is 2. The van der Waals surface area contributed by atoms with E-state index in [1.807, 2.05) is 0 Å².